The predicted molar refractivity (Wildman–Crippen MR) is 102 cm³/mol. The van der Waals surface area contributed by atoms with Crippen LogP contribution in [0, 0.1) is 0 Å². The lowest BCUT2D eigenvalue weighted by Gasteiger charge is -2.30. The Labute approximate surface area is 152 Å². The molecule has 2 N–H and O–H groups in total. The van der Waals surface area contributed by atoms with Crippen molar-refractivity contribution in [2.45, 2.75) is 25.7 Å². The predicted octanol–water partition coefficient (Wildman–Crippen LogP) is -0.114. The largest absolute Gasteiger partial charge is 0.338 e. The van der Waals surface area contributed by atoms with Crippen molar-refractivity contribution in [1.29, 1.82) is 0 Å². The van der Waals surface area contributed by atoms with Gasteiger partial charge in [0.05, 0.1) is 6.54 Å². The standard InChI is InChI=1S/C21H31N3O/c25-21(24-13-6-1-2-7-14-24)19-23-17-15-22(16-18-23)12-8-11-20-9-4-3-5-10-20/h3-5,8-11H,1-2,6-7,12-19H2/p+2/b11-8+. The summed E-state index contributed by atoms with van der Waals surface area (Å²) in [5, 5.41) is 0. The average Bonchev–Trinajstić information content (AvgIpc) is 2.94. The van der Waals surface area contributed by atoms with Crippen LogP contribution < -0.4 is 9.80 Å². The Bertz CT molecular complexity index is 542. The monoisotopic (exact) mass is 343 g/mol. The summed E-state index contributed by atoms with van der Waals surface area (Å²) in [5.41, 5.74) is 1.27. The van der Waals surface area contributed by atoms with Gasteiger partial charge < -0.3 is 14.7 Å². The van der Waals surface area contributed by atoms with E-state index in [1.807, 2.05) is 0 Å². The maximum Gasteiger partial charge on any atom is 0.277 e. The first-order chi connectivity index (χ1) is 12.3. The normalized spacial score (nSPS) is 25.0. The minimum Gasteiger partial charge on any atom is -0.338 e. The van der Waals surface area contributed by atoms with Crippen molar-refractivity contribution >= 4 is 12.0 Å². The first-order valence-electron chi connectivity index (χ1n) is 9.98. The molecule has 0 radical (unpaired) electrons. The Balaban J connectivity index is 1.36. The lowest BCUT2D eigenvalue weighted by atomic mass is 10.2. The number of nitrogens with zero attached hydrogens (tertiary/aromatic N) is 1. The first kappa shape index (κ1) is 18.2. The lowest BCUT2D eigenvalue weighted by molar-refractivity contribution is -1.01. The van der Waals surface area contributed by atoms with Gasteiger partial charge in [-0.15, -0.1) is 0 Å². The molecule has 3 rings (SSSR count). The number of likely N-dealkylation sites (tertiary alicyclic amines) is 1. The second-order valence-electron chi connectivity index (χ2n) is 7.49. The summed E-state index contributed by atoms with van der Waals surface area (Å²) >= 11 is 0. The Morgan fingerprint density at radius 2 is 1.56 bits per heavy atom. The van der Waals surface area contributed by atoms with Crippen molar-refractivity contribution in [2.24, 2.45) is 0 Å². The fourth-order valence-electron chi connectivity index (χ4n) is 3.91. The summed E-state index contributed by atoms with van der Waals surface area (Å²) in [6.07, 6.45) is 9.46. The highest BCUT2D eigenvalue weighted by molar-refractivity contribution is 5.77. The van der Waals surface area contributed by atoms with Gasteiger partial charge in [0.1, 0.15) is 26.2 Å². The minimum absolute atomic E-state index is 0.379. The molecule has 1 aromatic carbocycles. The van der Waals surface area contributed by atoms with Crippen molar-refractivity contribution in [3.63, 3.8) is 0 Å². The summed E-state index contributed by atoms with van der Waals surface area (Å²) in [5.74, 6) is 0.379. The molecule has 2 aliphatic heterocycles. The van der Waals surface area contributed by atoms with E-state index < -0.39 is 0 Å². The smallest absolute Gasteiger partial charge is 0.277 e. The molecule has 1 aromatic rings. The van der Waals surface area contributed by atoms with E-state index in [0.717, 1.165) is 32.7 Å². The van der Waals surface area contributed by atoms with E-state index >= 15 is 0 Å². The van der Waals surface area contributed by atoms with Gasteiger partial charge >= 0.3 is 0 Å². The van der Waals surface area contributed by atoms with E-state index in [9.17, 15) is 4.79 Å². The second kappa shape index (κ2) is 9.73. The summed E-state index contributed by atoms with van der Waals surface area (Å²) in [7, 11) is 0. The number of hydrogen-bond donors (Lipinski definition) is 2. The van der Waals surface area contributed by atoms with Crippen LogP contribution in [0.3, 0.4) is 0 Å². The van der Waals surface area contributed by atoms with Crippen LogP contribution in [0.1, 0.15) is 31.2 Å². The number of piperazine rings is 1. The number of hydrogen-bond acceptors (Lipinski definition) is 1. The van der Waals surface area contributed by atoms with Crippen molar-refractivity contribution in [2.75, 3.05) is 52.4 Å². The second-order valence-corrected chi connectivity index (χ2v) is 7.49. The molecule has 0 spiro atoms. The lowest BCUT2D eigenvalue weighted by Crippen LogP contribution is -3.28. The minimum atomic E-state index is 0.379. The highest BCUT2D eigenvalue weighted by atomic mass is 16.2. The van der Waals surface area contributed by atoms with E-state index in [1.165, 1.54) is 49.2 Å². The number of rotatable bonds is 5. The summed E-state index contributed by atoms with van der Waals surface area (Å²) < 4.78 is 0. The van der Waals surface area contributed by atoms with E-state index in [1.54, 1.807) is 4.90 Å². The van der Waals surface area contributed by atoms with Gasteiger partial charge in [-0.3, -0.25) is 4.79 Å². The molecule has 2 heterocycles. The van der Waals surface area contributed by atoms with Gasteiger partial charge in [0, 0.05) is 13.1 Å². The number of carbonyl (C=O) groups is 1. The van der Waals surface area contributed by atoms with Crippen molar-refractivity contribution in [3.05, 3.63) is 42.0 Å². The van der Waals surface area contributed by atoms with Gasteiger partial charge in [0.2, 0.25) is 0 Å². The molecule has 0 atom stereocenters. The summed E-state index contributed by atoms with van der Waals surface area (Å²) in [4.78, 5) is 17.7. The number of quaternary nitrogens is 2. The molecule has 0 unspecified atom stereocenters. The molecule has 1 amide bonds. The SMILES string of the molecule is O=C(C[NH+]1CC[NH+](C/C=C/c2ccccc2)CC1)N1CCCCCC1. The van der Waals surface area contributed by atoms with Gasteiger partial charge in [-0.25, -0.2) is 0 Å². The Morgan fingerprint density at radius 3 is 2.24 bits per heavy atom. The Kier molecular flexibility index (Phi) is 7.07. The van der Waals surface area contributed by atoms with Gasteiger partial charge in [-0.2, -0.15) is 0 Å². The maximum atomic E-state index is 12.5. The molecule has 2 fully saturated rings. The molecule has 0 aromatic heterocycles. The van der Waals surface area contributed by atoms with E-state index in [4.69, 9.17) is 0 Å². The fourth-order valence-corrected chi connectivity index (χ4v) is 3.91. The molecule has 4 heteroatoms. The van der Waals surface area contributed by atoms with Crippen LogP contribution in [0.2, 0.25) is 0 Å². The van der Waals surface area contributed by atoms with E-state index in [2.05, 4.69) is 47.4 Å². The quantitative estimate of drug-likeness (QED) is 0.767. The zero-order chi connectivity index (χ0) is 17.3. The third-order valence-electron chi connectivity index (χ3n) is 5.54. The van der Waals surface area contributed by atoms with Crippen LogP contribution >= 0.6 is 0 Å². The molecule has 4 nitrogen and oxygen atoms in total. The van der Waals surface area contributed by atoms with Crippen LogP contribution in [0.5, 0.6) is 0 Å². The molecule has 0 aliphatic carbocycles. The van der Waals surface area contributed by atoms with Crippen LogP contribution in [-0.2, 0) is 4.79 Å². The zero-order valence-corrected chi connectivity index (χ0v) is 15.4. The molecule has 136 valence electrons. The third-order valence-corrected chi connectivity index (χ3v) is 5.54. The Morgan fingerprint density at radius 1 is 0.920 bits per heavy atom. The highest BCUT2D eigenvalue weighted by Gasteiger charge is 2.26. The molecular weight excluding hydrogens is 310 g/mol. The highest BCUT2D eigenvalue weighted by Crippen LogP contribution is 2.09. The number of carbonyl (C=O) groups excluding carboxylic acids is 1. The van der Waals surface area contributed by atoms with Crippen LogP contribution in [0.15, 0.2) is 36.4 Å². The van der Waals surface area contributed by atoms with Gasteiger partial charge in [-0.05, 0) is 24.5 Å². The summed E-state index contributed by atoms with van der Waals surface area (Å²) in [6.45, 7) is 8.32. The van der Waals surface area contributed by atoms with Crippen LogP contribution in [0.4, 0.5) is 0 Å². The third kappa shape index (κ3) is 5.98. The van der Waals surface area contributed by atoms with Crippen molar-refractivity contribution in [1.82, 2.24) is 4.90 Å². The van der Waals surface area contributed by atoms with Crippen molar-refractivity contribution in [3.8, 4) is 0 Å². The molecule has 0 saturated carbocycles. The molecule has 2 aliphatic rings. The van der Waals surface area contributed by atoms with Crippen molar-refractivity contribution < 1.29 is 14.6 Å². The van der Waals surface area contributed by atoms with E-state index in [-0.39, 0.29) is 0 Å². The number of amides is 1. The maximum absolute atomic E-state index is 12.5. The number of nitrogens with one attached hydrogen (secondary N) is 2. The Hall–Kier alpha value is -1.65. The van der Waals surface area contributed by atoms with Gasteiger partial charge in [0.25, 0.3) is 5.91 Å². The molecule has 25 heavy (non-hydrogen) atoms. The van der Waals surface area contributed by atoms with Gasteiger partial charge in [0.15, 0.2) is 6.54 Å². The first-order valence-corrected chi connectivity index (χ1v) is 9.98. The molecule has 0 bridgehead atoms. The van der Waals surface area contributed by atoms with Gasteiger partial charge in [-0.1, -0.05) is 49.2 Å². The topological polar surface area (TPSA) is 29.2 Å². The molecular formula is C21H33N3O+2. The zero-order valence-electron chi connectivity index (χ0n) is 15.4. The van der Waals surface area contributed by atoms with E-state index in [0.29, 0.717) is 12.5 Å². The number of benzene rings is 1. The van der Waals surface area contributed by atoms with Crippen LogP contribution in [-0.4, -0.2) is 63.2 Å². The average molecular weight is 344 g/mol. The fraction of sp³-hybridized carbons (Fsp3) is 0.571. The van der Waals surface area contributed by atoms with Crippen LogP contribution in [0.25, 0.3) is 6.08 Å². The summed E-state index contributed by atoms with van der Waals surface area (Å²) in [6, 6.07) is 10.5. The molecule has 2 saturated heterocycles.